The van der Waals surface area contributed by atoms with E-state index in [1.807, 2.05) is 0 Å². The maximum absolute atomic E-state index is 11.4. The first-order valence-electron chi connectivity index (χ1n) is 5.47. The largest absolute Gasteiger partial charge is 0.460 e. The molecule has 6 heteroatoms. The molecule has 1 rings (SSSR count). The topological polar surface area (TPSA) is 96.2 Å². The molecule has 0 saturated carbocycles. The van der Waals surface area contributed by atoms with Crippen molar-refractivity contribution in [3.05, 3.63) is 35.4 Å². The van der Waals surface area contributed by atoms with Gasteiger partial charge in [0.15, 0.2) is 6.29 Å². The summed E-state index contributed by atoms with van der Waals surface area (Å²) in [4.78, 5) is 11.4. The second-order valence-electron chi connectivity index (χ2n) is 3.43. The minimum Gasteiger partial charge on any atom is -0.460 e. The molecule has 1 aromatic rings. The van der Waals surface area contributed by atoms with Gasteiger partial charge in [-0.05, 0) is 12.1 Å². The van der Waals surface area contributed by atoms with Gasteiger partial charge in [-0.2, -0.15) is 0 Å². The molecule has 0 amide bonds. The van der Waals surface area contributed by atoms with E-state index in [1.54, 1.807) is 0 Å². The summed E-state index contributed by atoms with van der Waals surface area (Å²) in [6.45, 7) is -0.426. The van der Waals surface area contributed by atoms with E-state index >= 15 is 0 Å². The van der Waals surface area contributed by atoms with Crippen LogP contribution in [0.25, 0.3) is 0 Å². The van der Waals surface area contributed by atoms with E-state index in [9.17, 15) is 9.90 Å². The average molecular weight is 256 g/mol. The molecule has 0 heterocycles. The zero-order valence-corrected chi connectivity index (χ0v) is 9.78. The molecular weight excluding hydrogens is 240 g/mol. The summed E-state index contributed by atoms with van der Waals surface area (Å²) < 4.78 is 9.63. The number of hydrogen-bond acceptors (Lipinski definition) is 6. The predicted molar refractivity (Wildman–Crippen MR) is 61.8 cm³/mol. The minimum absolute atomic E-state index is 0.0292. The van der Waals surface area contributed by atoms with Gasteiger partial charge in [-0.25, -0.2) is 4.79 Å². The van der Waals surface area contributed by atoms with Crippen molar-refractivity contribution in [3.8, 4) is 0 Å². The molecule has 0 bridgehead atoms. The normalized spacial score (nSPS) is 12.2. The number of carbonyl (C=O) groups is 1. The van der Waals surface area contributed by atoms with Gasteiger partial charge in [0.1, 0.15) is 6.61 Å². The monoisotopic (exact) mass is 256 g/mol. The molecule has 0 fully saturated rings. The highest BCUT2D eigenvalue weighted by molar-refractivity contribution is 5.89. The number of aliphatic hydroxyl groups is 3. The molecule has 0 aliphatic rings. The molecule has 100 valence electrons. The molecule has 1 unspecified atom stereocenters. The summed E-state index contributed by atoms with van der Waals surface area (Å²) in [5, 5.41) is 26.6. The molecule has 0 aliphatic heterocycles. The Morgan fingerprint density at radius 2 is 1.72 bits per heavy atom. The van der Waals surface area contributed by atoms with Crippen LogP contribution < -0.4 is 0 Å². The first kappa shape index (κ1) is 14.6. The minimum atomic E-state index is -1.14. The fourth-order valence-corrected chi connectivity index (χ4v) is 1.27. The molecule has 0 aliphatic carbocycles. The van der Waals surface area contributed by atoms with Crippen molar-refractivity contribution in [1.82, 2.24) is 0 Å². The maximum Gasteiger partial charge on any atom is 0.338 e. The molecule has 3 N–H and O–H groups in total. The van der Waals surface area contributed by atoms with Gasteiger partial charge in [0.2, 0.25) is 0 Å². The quantitative estimate of drug-likeness (QED) is 0.463. The molecule has 1 atom stereocenters. The molecule has 0 radical (unpaired) electrons. The Hall–Kier alpha value is -1.47. The van der Waals surface area contributed by atoms with E-state index in [2.05, 4.69) is 0 Å². The van der Waals surface area contributed by atoms with Crippen molar-refractivity contribution in [2.24, 2.45) is 0 Å². The van der Waals surface area contributed by atoms with Crippen LogP contribution in [0.15, 0.2) is 24.3 Å². The van der Waals surface area contributed by atoms with Crippen LogP contribution in [0.5, 0.6) is 0 Å². The Balaban J connectivity index is 2.59. The van der Waals surface area contributed by atoms with Gasteiger partial charge < -0.3 is 24.8 Å². The van der Waals surface area contributed by atoms with Crippen LogP contribution in [0.1, 0.15) is 22.2 Å². The number of rotatable bonds is 7. The third-order valence-electron chi connectivity index (χ3n) is 2.12. The molecular formula is C12H16O6. The highest BCUT2D eigenvalue weighted by atomic mass is 16.6. The Morgan fingerprint density at radius 3 is 2.28 bits per heavy atom. The van der Waals surface area contributed by atoms with Crippen LogP contribution in [-0.2, 0) is 9.47 Å². The maximum atomic E-state index is 11.4. The Labute approximate surface area is 104 Å². The van der Waals surface area contributed by atoms with Crippen LogP contribution in [0.4, 0.5) is 0 Å². The van der Waals surface area contributed by atoms with Gasteiger partial charge in [0.05, 0.1) is 25.4 Å². The van der Waals surface area contributed by atoms with Crippen LogP contribution in [-0.4, -0.2) is 47.7 Å². The Bertz CT molecular complexity index is 361. The highest BCUT2D eigenvalue weighted by Gasteiger charge is 2.10. The average Bonchev–Trinajstić information content (AvgIpc) is 2.42. The third kappa shape index (κ3) is 4.42. The van der Waals surface area contributed by atoms with Gasteiger partial charge in [0.25, 0.3) is 0 Å². The van der Waals surface area contributed by atoms with E-state index in [-0.39, 0.29) is 26.4 Å². The standard InChI is InChI=1S/C12H16O6/c13-5-7-17-11(15)9-1-2-10(4-3-9)12(16)18-8-6-14/h1-4,11,13-15H,5-8H2. The van der Waals surface area contributed by atoms with Crippen LogP contribution >= 0.6 is 0 Å². The predicted octanol–water partition coefficient (Wildman–Crippen LogP) is -0.165. The van der Waals surface area contributed by atoms with Crippen molar-refractivity contribution < 1.29 is 29.6 Å². The lowest BCUT2D eigenvalue weighted by Gasteiger charge is -2.11. The van der Waals surface area contributed by atoms with Gasteiger partial charge in [-0.3, -0.25) is 0 Å². The fraction of sp³-hybridized carbons (Fsp3) is 0.417. The number of hydrogen-bond donors (Lipinski definition) is 3. The molecule has 1 aromatic carbocycles. The number of carbonyl (C=O) groups excluding carboxylic acids is 1. The van der Waals surface area contributed by atoms with Gasteiger partial charge >= 0.3 is 5.97 Å². The van der Waals surface area contributed by atoms with E-state index in [0.29, 0.717) is 11.1 Å². The second-order valence-corrected chi connectivity index (χ2v) is 3.43. The Morgan fingerprint density at radius 1 is 1.11 bits per heavy atom. The SMILES string of the molecule is O=C(OCCO)c1ccc(C(O)OCCO)cc1. The van der Waals surface area contributed by atoms with Crippen LogP contribution in [0.2, 0.25) is 0 Å². The molecule has 6 nitrogen and oxygen atoms in total. The summed E-state index contributed by atoms with van der Waals surface area (Å²) in [6.07, 6.45) is -1.14. The number of benzene rings is 1. The summed E-state index contributed by atoms with van der Waals surface area (Å²) in [7, 11) is 0. The summed E-state index contributed by atoms with van der Waals surface area (Å²) in [6, 6.07) is 6.02. The molecule has 0 saturated heterocycles. The first-order chi connectivity index (χ1) is 8.69. The summed E-state index contributed by atoms with van der Waals surface area (Å²) >= 11 is 0. The second kappa shape index (κ2) is 7.78. The van der Waals surface area contributed by atoms with Crippen LogP contribution in [0, 0.1) is 0 Å². The number of esters is 1. The smallest absolute Gasteiger partial charge is 0.338 e. The summed E-state index contributed by atoms with van der Waals surface area (Å²) in [5.74, 6) is -0.540. The zero-order chi connectivity index (χ0) is 13.4. The van der Waals surface area contributed by atoms with E-state index < -0.39 is 12.3 Å². The van der Waals surface area contributed by atoms with Crippen molar-refractivity contribution in [2.75, 3.05) is 26.4 Å². The molecule has 0 aromatic heterocycles. The first-order valence-corrected chi connectivity index (χ1v) is 5.47. The third-order valence-corrected chi connectivity index (χ3v) is 2.12. The lowest BCUT2D eigenvalue weighted by molar-refractivity contribution is -0.110. The van der Waals surface area contributed by atoms with Gasteiger partial charge in [-0.15, -0.1) is 0 Å². The van der Waals surface area contributed by atoms with E-state index in [0.717, 1.165) is 0 Å². The van der Waals surface area contributed by atoms with Crippen molar-refractivity contribution in [1.29, 1.82) is 0 Å². The van der Waals surface area contributed by atoms with Crippen molar-refractivity contribution >= 4 is 5.97 Å². The number of aliphatic hydroxyl groups excluding tert-OH is 3. The fourth-order valence-electron chi connectivity index (χ4n) is 1.27. The van der Waals surface area contributed by atoms with Crippen LogP contribution in [0.3, 0.4) is 0 Å². The molecule has 18 heavy (non-hydrogen) atoms. The van der Waals surface area contributed by atoms with E-state index in [1.165, 1.54) is 24.3 Å². The van der Waals surface area contributed by atoms with Crippen molar-refractivity contribution in [3.63, 3.8) is 0 Å². The molecule has 0 spiro atoms. The van der Waals surface area contributed by atoms with Gasteiger partial charge in [-0.1, -0.05) is 12.1 Å². The lowest BCUT2D eigenvalue weighted by atomic mass is 10.1. The highest BCUT2D eigenvalue weighted by Crippen LogP contribution is 2.15. The number of ether oxygens (including phenoxy) is 2. The van der Waals surface area contributed by atoms with E-state index in [4.69, 9.17) is 19.7 Å². The lowest BCUT2D eigenvalue weighted by Crippen LogP contribution is -2.10. The Kier molecular flexibility index (Phi) is 6.31. The zero-order valence-electron chi connectivity index (χ0n) is 9.78. The van der Waals surface area contributed by atoms with Gasteiger partial charge in [0, 0.05) is 5.56 Å². The van der Waals surface area contributed by atoms with Crippen molar-refractivity contribution in [2.45, 2.75) is 6.29 Å². The summed E-state index contributed by atoms with van der Waals surface area (Å²) in [5.41, 5.74) is 0.795.